The predicted molar refractivity (Wildman–Crippen MR) is 135 cm³/mol. The molecule has 2 N–H and O–H groups in total. The van der Waals surface area contributed by atoms with Crippen LogP contribution in [-0.2, 0) is 11.3 Å². The lowest BCUT2D eigenvalue weighted by atomic mass is 10.2. The molecule has 0 fully saturated rings. The van der Waals surface area contributed by atoms with Gasteiger partial charge < -0.3 is 24.7 Å². The van der Waals surface area contributed by atoms with Gasteiger partial charge in [-0.3, -0.25) is 9.59 Å². The first-order valence-corrected chi connectivity index (χ1v) is 12.3. The van der Waals surface area contributed by atoms with E-state index in [0.29, 0.717) is 34.3 Å². The number of anilines is 1. The van der Waals surface area contributed by atoms with E-state index in [1.165, 1.54) is 22.7 Å². The molecule has 1 aliphatic heterocycles. The summed E-state index contributed by atoms with van der Waals surface area (Å²) in [6.45, 7) is 1.52. The molecule has 4 aromatic rings. The molecule has 0 saturated carbocycles. The summed E-state index contributed by atoms with van der Waals surface area (Å²) < 4.78 is 12.8. The van der Waals surface area contributed by atoms with Crippen LogP contribution >= 0.6 is 11.8 Å². The number of amides is 2. The second-order valence-corrected chi connectivity index (χ2v) is 8.90. The minimum absolute atomic E-state index is 0.117. The van der Waals surface area contributed by atoms with E-state index in [9.17, 15) is 9.59 Å². The molecule has 0 saturated heterocycles. The maximum absolute atomic E-state index is 12.8. The first kappa shape index (κ1) is 22.8. The number of carbonyl (C=O) groups excluding carboxylic acids is 2. The number of nitrogens with zero attached hydrogens (tertiary/aromatic N) is 2. The normalized spacial score (nSPS) is 12.0. The Labute approximate surface area is 206 Å². The van der Waals surface area contributed by atoms with Crippen LogP contribution in [0.2, 0.25) is 0 Å². The van der Waals surface area contributed by atoms with Crippen LogP contribution in [0, 0.1) is 0 Å². The quantitative estimate of drug-likeness (QED) is 0.269. The van der Waals surface area contributed by atoms with Crippen LogP contribution in [0.25, 0.3) is 10.9 Å². The van der Waals surface area contributed by atoms with Crippen LogP contribution < -0.4 is 20.1 Å². The summed E-state index contributed by atoms with van der Waals surface area (Å²) in [5.74, 6) is 0.971. The Bertz CT molecular complexity index is 1370. The molecule has 0 atom stereocenters. The van der Waals surface area contributed by atoms with Crippen LogP contribution in [0.15, 0.2) is 78.1 Å². The van der Waals surface area contributed by atoms with Gasteiger partial charge in [-0.25, -0.2) is 4.98 Å². The van der Waals surface area contributed by atoms with E-state index in [1.807, 2.05) is 12.1 Å². The Morgan fingerprint density at radius 3 is 2.86 bits per heavy atom. The molecule has 178 valence electrons. The SMILES string of the molecule is O=C(CSc1ncccc1C(=O)NCCCn1ccc2ccccc21)Nc1ccc2c(c1)OCO2. The third kappa shape index (κ3) is 5.41. The number of thioether (sulfide) groups is 1. The van der Waals surface area contributed by atoms with Crippen molar-refractivity contribution in [2.75, 3.05) is 24.4 Å². The number of para-hydroxylation sites is 1. The van der Waals surface area contributed by atoms with Crippen LogP contribution in [0.3, 0.4) is 0 Å². The number of pyridine rings is 1. The van der Waals surface area contributed by atoms with Gasteiger partial charge in [0.2, 0.25) is 12.7 Å². The molecule has 0 unspecified atom stereocenters. The Morgan fingerprint density at radius 1 is 1.03 bits per heavy atom. The Morgan fingerprint density at radius 2 is 1.91 bits per heavy atom. The van der Waals surface area contributed by atoms with E-state index < -0.39 is 0 Å². The number of hydrogen-bond donors (Lipinski definition) is 2. The van der Waals surface area contributed by atoms with Gasteiger partial charge in [-0.2, -0.15) is 0 Å². The smallest absolute Gasteiger partial charge is 0.254 e. The Balaban J connectivity index is 1.12. The molecule has 9 heteroatoms. The summed E-state index contributed by atoms with van der Waals surface area (Å²) in [5.41, 5.74) is 2.26. The van der Waals surface area contributed by atoms with Crippen molar-refractivity contribution in [2.45, 2.75) is 18.0 Å². The zero-order valence-corrected chi connectivity index (χ0v) is 19.7. The maximum atomic E-state index is 12.8. The average molecular weight is 489 g/mol. The van der Waals surface area contributed by atoms with Crippen molar-refractivity contribution in [2.24, 2.45) is 0 Å². The molecular weight excluding hydrogens is 464 g/mol. The number of rotatable bonds is 9. The van der Waals surface area contributed by atoms with Crippen molar-refractivity contribution >= 4 is 40.2 Å². The van der Waals surface area contributed by atoms with E-state index >= 15 is 0 Å². The molecule has 2 aromatic carbocycles. The predicted octanol–water partition coefficient (Wildman–Crippen LogP) is 4.32. The lowest BCUT2D eigenvalue weighted by Gasteiger charge is -2.10. The van der Waals surface area contributed by atoms with Crippen LogP contribution in [-0.4, -0.2) is 40.5 Å². The van der Waals surface area contributed by atoms with Crippen LogP contribution in [0.1, 0.15) is 16.8 Å². The van der Waals surface area contributed by atoms with Gasteiger partial charge in [0, 0.05) is 42.8 Å². The van der Waals surface area contributed by atoms with E-state index in [2.05, 4.69) is 44.6 Å². The second-order valence-electron chi connectivity index (χ2n) is 7.94. The van der Waals surface area contributed by atoms with Gasteiger partial charge >= 0.3 is 0 Å². The van der Waals surface area contributed by atoms with Crippen molar-refractivity contribution < 1.29 is 19.1 Å². The number of ether oxygens (including phenoxy) is 2. The highest BCUT2D eigenvalue weighted by Crippen LogP contribution is 2.34. The number of aryl methyl sites for hydroxylation is 1. The van der Waals surface area contributed by atoms with Crippen LogP contribution in [0.4, 0.5) is 5.69 Å². The van der Waals surface area contributed by atoms with Crippen molar-refractivity contribution in [1.82, 2.24) is 14.9 Å². The van der Waals surface area contributed by atoms with Crippen molar-refractivity contribution in [1.29, 1.82) is 0 Å². The molecule has 5 rings (SSSR count). The highest BCUT2D eigenvalue weighted by molar-refractivity contribution is 8.00. The van der Waals surface area contributed by atoms with Crippen molar-refractivity contribution in [3.63, 3.8) is 0 Å². The minimum Gasteiger partial charge on any atom is -0.454 e. The summed E-state index contributed by atoms with van der Waals surface area (Å²) in [5, 5.41) is 7.52. The monoisotopic (exact) mass is 488 g/mol. The van der Waals surface area contributed by atoms with Gasteiger partial charge in [0.25, 0.3) is 5.91 Å². The fourth-order valence-corrected chi connectivity index (χ4v) is 4.66. The van der Waals surface area contributed by atoms with Crippen molar-refractivity contribution in [3.8, 4) is 11.5 Å². The zero-order chi connectivity index (χ0) is 24.0. The third-order valence-corrected chi connectivity index (χ3v) is 6.56. The highest BCUT2D eigenvalue weighted by atomic mass is 32.2. The molecule has 8 nitrogen and oxygen atoms in total. The van der Waals surface area contributed by atoms with E-state index in [0.717, 1.165) is 13.0 Å². The van der Waals surface area contributed by atoms with Gasteiger partial charge in [-0.15, -0.1) is 0 Å². The lowest BCUT2D eigenvalue weighted by Crippen LogP contribution is -2.26. The minimum atomic E-state index is -0.204. The molecule has 0 bridgehead atoms. The Hall–Kier alpha value is -3.98. The topological polar surface area (TPSA) is 94.5 Å². The summed E-state index contributed by atoms with van der Waals surface area (Å²) in [7, 11) is 0. The maximum Gasteiger partial charge on any atom is 0.254 e. The van der Waals surface area contributed by atoms with Crippen LogP contribution in [0.5, 0.6) is 11.5 Å². The lowest BCUT2D eigenvalue weighted by molar-refractivity contribution is -0.113. The van der Waals surface area contributed by atoms with Crippen molar-refractivity contribution in [3.05, 3.63) is 78.6 Å². The van der Waals surface area contributed by atoms with E-state index in [4.69, 9.17) is 9.47 Å². The highest BCUT2D eigenvalue weighted by Gasteiger charge is 2.16. The number of benzene rings is 2. The number of hydrogen-bond acceptors (Lipinski definition) is 6. The first-order valence-electron chi connectivity index (χ1n) is 11.3. The molecule has 35 heavy (non-hydrogen) atoms. The molecule has 2 amide bonds. The van der Waals surface area contributed by atoms with E-state index in [1.54, 1.807) is 36.5 Å². The fraction of sp³-hybridized carbons (Fsp3) is 0.192. The first-order chi connectivity index (χ1) is 17.2. The number of carbonyl (C=O) groups is 2. The van der Waals surface area contributed by atoms with E-state index in [-0.39, 0.29) is 24.4 Å². The average Bonchev–Trinajstić information content (AvgIpc) is 3.52. The molecular formula is C26H24N4O4S. The molecule has 0 spiro atoms. The standard InChI is InChI=1S/C26H24N4O4S/c31-24(29-19-8-9-22-23(15-19)34-17-33-22)16-35-26-20(6-3-11-28-26)25(32)27-12-4-13-30-14-10-18-5-1-2-7-21(18)30/h1-3,5-11,14-15H,4,12-13,16-17H2,(H,27,32)(H,29,31). The summed E-state index contributed by atoms with van der Waals surface area (Å²) >= 11 is 1.22. The third-order valence-electron chi connectivity index (χ3n) is 5.55. The largest absolute Gasteiger partial charge is 0.454 e. The summed E-state index contributed by atoms with van der Waals surface area (Å²) in [6, 6.07) is 19.0. The molecule has 3 heterocycles. The van der Waals surface area contributed by atoms with Gasteiger partial charge in [0.1, 0.15) is 5.03 Å². The van der Waals surface area contributed by atoms with Gasteiger partial charge in [0.15, 0.2) is 11.5 Å². The van der Waals surface area contributed by atoms with Gasteiger partial charge in [-0.1, -0.05) is 30.0 Å². The number of nitrogens with one attached hydrogen (secondary N) is 2. The Kier molecular flexibility index (Phi) is 6.85. The molecule has 1 aliphatic rings. The molecule has 2 aromatic heterocycles. The molecule has 0 aliphatic carbocycles. The second kappa shape index (κ2) is 10.5. The zero-order valence-electron chi connectivity index (χ0n) is 18.9. The summed E-state index contributed by atoms with van der Waals surface area (Å²) in [4.78, 5) is 29.5. The number of fused-ring (bicyclic) bond motifs is 2. The fourth-order valence-electron chi connectivity index (χ4n) is 3.87. The van der Waals surface area contributed by atoms with Gasteiger partial charge in [0.05, 0.1) is 11.3 Å². The number of aromatic nitrogens is 2. The summed E-state index contributed by atoms with van der Waals surface area (Å²) in [6.07, 6.45) is 4.48. The molecule has 0 radical (unpaired) electrons. The van der Waals surface area contributed by atoms with Gasteiger partial charge in [-0.05, 0) is 48.2 Å².